The van der Waals surface area contributed by atoms with Crippen LogP contribution in [0.15, 0.2) is 53.6 Å². The van der Waals surface area contributed by atoms with Gasteiger partial charge in [-0.1, -0.05) is 6.07 Å². The molecule has 0 saturated heterocycles. The zero-order chi connectivity index (χ0) is 19.9. The lowest BCUT2D eigenvalue weighted by Gasteiger charge is -2.12. The van der Waals surface area contributed by atoms with Crippen molar-refractivity contribution in [2.24, 2.45) is 0 Å². The van der Waals surface area contributed by atoms with Gasteiger partial charge in [-0.05, 0) is 24.3 Å². The number of hydrogen-bond acceptors (Lipinski definition) is 5. The summed E-state index contributed by atoms with van der Waals surface area (Å²) in [6.07, 6.45) is -1.86. The number of pyridine rings is 2. The summed E-state index contributed by atoms with van der Waals surface area (Å²) < 4.78 is 41.1. The number of aromatic nitrogens is 5. The molecular formula is C17H11F3N6O2. The van der Waals surface area contributed by atoms with E-state index in [9.17, 15) is 22.8 Å². The van der Waals surface area contributed by atoms with Crippen LogP contribution in [-0.2, 0) is 17.5 Å². The molecule has 0 saturated carbocycles. The zero-order valence-corrected chi connectivity index (χ0v) is 14.0. The first kappa shape index (κ1) is 17.6. The largest absolute Gasteiger partial charge is 0.433 e. The Morgan fingerprint density at radius 1 is 1.11 bits per heavy atom. The SMILES string of the molecule is O=C(Cn1c(=O)c2ccc(C(F)(F)F)nc2n2nccc12)Nc1ccccn1. The summed E-state index contributed by atoms with van der Waals surface area (Å²) in [5.74, 6) is -0.217. The molecule has 4 heterocycles. The van der Waals surface area contributed by atoms with Crippen molar-refractivity contribution in [1.82, 2.24) is 24.1 Å². The quantitative estimate of drug-likeness (QED) is 0.580. The number of anilines is 1. The minimum atomic E-state index is -4.66. The van der Waals surface area contributed by atoms with Crippen LogP contribution in [-0.4, -0.2) is 30.1 Å². The lowest BCUT2D eigenvalue weighted by atomic mass is 10.2. The van der Waals surface area contributed by atoms with Gasteiger partial charge in [-0.2, -0.15) is 22.8 Å². The molecule has 0 spiro atoms. The number of carbonyl (C=O) groups is 1. The van der Waals surface area contributed by atoms with Crippen molar-refractivity contribution in [2.75, 3.05) is 5.32 Å². The average molecular weight is 388 g/mol. The van der Waals surface area contributed by atoms with Crippen molar-refractivity contribution in [3.05, 3.63) is 64.8 Å². The predicted octanol–water partition coefficient (Wildman–Crippen LogP) is 2.10. The fraction of sp³-hybridized carbons (Fsp3) is 0.118. The molecule has 8 nitrogen and oxygen atoms in total. The molecule has 28 heavy (non-hydrogen) atoms. The first-order valence-electron chi connectivity index (χ1n) is 8.00. The second-order valence-electron chi connectivity index (χ2n) is 5.82. The van der Waals surface area contributed by atoms with Gasteiger partial charge >= 0.3 is 6.18 Å². The van der Waals surface area contributed by atoms with E-state index in [1.807, 2.05) is 0 Å². The van der Waals surface area contributed by atoms with Crippen molar-refractivity contribution >= 4 is 28.4 Å². The lowest BCUT2D eigenvalue weighted by Crippen LogP contribution is -2.30. The Kier molecular flexibility index (Phi) is 4.06. The van der Waals surface area contributed by atoms with Gasteiger partial charge in [0.05, 0.1) is 11.6 Å². The number of nitrogens with one attached hydrogen (secondary N) is 1. The Balaban J connectivity index is 1.80. The van der Waals surface area contributed by atoms with E-state index in [4.69, 9.17) is 0 Å². The minimum absolute atomic E-state index is 0.0881. The molecule has 4 aromatic heterocycles. The smallest absolute Gasteiger partial charge is 0.309 e. The number of rotatable bonds is 3. The lowest BCUT2D eigenvalue weighted by molar-refractivity contribution is -0.141. The molecule has 0 aliphatic carbocycles. The Morgan fingerprint density at radius 3 is 2.64 bits per heavy atom. The van der Waals surface area contributed by atoms with Gasteiger partial charge in [0.2, 0.25) is 5.91 Å². The number of alkyl halides is 3. The standard InChI is InChI=1S/C17H11F3N6O2/c18-17(19,20)11-5-4-10-15(23-11)26-14(6-8-22-26)25(16(10)28)9-13(27)24-12-3-1-2-7-21-12/h1-8H,9H2,(H,21,24,27). The second kappa shape index (κ2) is 6.44. The third kappa shape index (κ3) is 3.06. The summed E-state index contributed by atoms with van der Waals surface area (Å²) in [5.41, 5.74) is -1.89. The highest BCUT2D eigenvalue weighted by atomic mass is 19.4. The van der Waals surface area contributed by atoms with Crippen LogP contribution in [0.5, 0.6) is 0 Å². The van der Waals surface area contributed by atoms with Gasteiger partial charge in [0, 0.05) is 12.3 Å². The highest BCUT2D eigenvalue weighted by molar-refractivity contribution is 5.90. The number of halogens is 3. The number of nitrogens with zero attached hydrogens (tertiary/aromatic N) is 5. The first-order valence-corrected chi connectivity index (χ1v) is 8.00. The number of fused-ring (bicyclic) bond motifs is 3. The molecule has 4 aromatic rings. The van der Waals surface area contributed by atoms with E-state index in [1.54, 1.807) is 18.2 Å². The molecule has 142 valence electrons. The molecule has 0 unspecified atom stereocenters. The van der Waals surface area contributed by atoms with Gasteiger partial charge < -0.3 is 5.32 Å². The molecule has 1 N–H and O–H groups in total. The predicted molar refractivity (Wildman–Crippen MR) is 92.6 cm³/mol. The summed E-state index contributed by atoms with van der Waals surface area (Å²) in [5, 5.41) is 6.41. The van der Waals surface area contributed by atoms with Crippen LogP contribution >= 0.6 is 0 Å². The zero-order valence-electron chi connectivity index (χ0n) is 14.0. The Morgan fingerprint density at radius 2 is 1.93 bits per heavy atom. The van der Waals surface area contributed by atoms with Gasteiger partial charge in [0.25, 0.3) is 5.56 Å². The third-order valence-corrected chi connectivity index (χ3v) is 3.98. The fourth-order valence-electron chi connectivity index (χ4n) is 2.76. The van der Waals surface area contributed by atoms with Crippen LogP contribution in [0.25, 0.3) is 16.7 Å². The average Bonchev–Trinajstić information content (AvgIpc) is 3.14. The van der Waals surface area contributed by atoms with E-state index in [1.165, 1.54) is 18.5 Å². The number of hydrogen-bond donors (Lipinski definition) is 1. The van der Waals surface area contributed by atoms with Crippen molar-refractivity contribution in [3.63, 3.8) is 0 Å². The monoisotopic (exact) mass is 388 g/mol. The first-order chi connectivity index (χ1) is 13.3. The fourth-order valence-corrected chi connectivity index (χ4v) is 2.76. The molecule has 4 rings (SSSR count). The van der Waals surface area contributed by atoms with E-state index in [-0.39, 0.29) is 23.2 Å². The van der Waals surface area contributed by atoms with Crippen LogP contribution in [0.2, 0.25) is 0 Å². The van der Waals surface area contributed by atoms with E-state index >= 15 is 0 Å². The molecule has 0 bridgehead atoms. The van der Waals surface area contributed by atoms with Crippen molar-refractivity contribution in [3.8, 4) is 0 Å². The Bertz CT molecular complexity index is 1250. The van der Waals surface area contributed by atoms with Crippen LogP contribution in [0.3, 0.4) is 0 Å². The third-order valence-electron chi connectivity index (χ3n) is 3.98. The topological polar surface area (TPSA) is 94.2 Å². The van der Waals surface area contributed by atoms with Gasteiger partial charge in [-0.3, -0.25) is 14.2 Å². The second-order valence-corrected chi connectivity index (χ2v) is 5.82. The van der Waals surface area contributed by atoms with Crippen LogP contribution in [0.4, 0.5) is 19.0 Å². The molecule has 11 heteroatoms. The number of amides is 1. The molecule has 1 amide bonds. The van der Waals surface area contributed by atoms with E-state index < -0.39 is 23.3 Å². The molecule has 0 fully saturated rings. The van der Waals surface area contributed by atoms with Gasteiger partial charge in [0.1, 0.15) is 23.7 Å². The summed E-state index contributed by atoms with van der Waals surface area (Å²) in [6, 6.07) is 8.11. The minimum Gasteiger partial charge on any atom is -0.309 e. The van der Waals surface area contributed by atoms with Crippen LogP contribution in [0, 0.1) is 0 Å². The molecule has 0 aromatic carbocycles. The molecule has 0 aliphatic heterocycles. The highest BCUT2D eigenvalue weighted by Gasteiger charge is 2.33. The maximum Gasteiger partial charge on any atom is 0.433 e. The maximum absolute atomic E-state index is 13.0. The van der Waals surface area contributed by atoms with E-state index in [0.29, 0.717) is 5.82 Å². The number of carbonyl (C=O) groups excluding carboxylic acids is 1. The van der Waals surface area contributed by atoms with Gasteiger partial charge in [-0.25, -0.2) is 9.97 Å². The Hall–Kier alpha value is -3.76. The summed E-state index contributed by atoms with van der Waals surface area (Å²) in [7, 11) is 0. The van der Waals surface area contributed by atoms with Crippen molar-refractivity contribution in [2.45, 2.75) is 12.7 Å². The van der Waals surface area contributed by atoms with Gasteiger partial charge in [0.15, 0.2) is 5.65 Å². The maximum atomic E-state index is 13.0. The highest BCUT2D eigenvalue weighted by Crippen LogP contribution is 2.28. The molecule has 0 atom stereocenters. The summed E-state index contributed by atoms with van der Waals surface area (Å²) in [4.78, 5) is 32.6. The molecule has 0 radical (unpaired) electrons. The van der Waals surface area contributed by atoms with Crippen LogP contribution < -0.4 is 10.9 Å². The van der Waals surface area contributed by atoms with Crippen LogP contribution in [0.1, 0.15) is 5.69 Å². The molecular weight excluding hydrogens is 377 g/mol. The Labute approximate surface area is 154 Å². The van der Waals surface area contributed by atoms with Crippen molar-refractivity contribution in [1.29, 1.82) is 0 Å². The van der Waals surface area contributed by atoms with E-state index in [0.717, 1.165) is 21.2 Å². The summed E-state index contributed by atoms with van der Waals surface area (Å²) >= 11 is 0. The normalized spacial score (nSPS) is 11.8. The molecule has 0 aliphatic rings. The van der Waals surface area contributed by atoms with Crippen molar-refractivity contribution < 1.29 is 18.0 Å². The van der Waals surface area contributed by atoms with E-state index in [2.05, 4.69) is 20.4 Å². The van der Waals surface area contributed by atoms with Gasteiger partial charge in [-0.15, -0.1) is 0 Å². The summed E-state index contributed by atoms with van der Waals surface area (Å²) in [6.45, 7) is -0.373.